The average Bonchev–Trinajstić information content (AvgIpc) is 2.90. The molecule has 0 bridgehead atoms. The number of likely N-dealkylation sites (N-methyl/N-ethyl adjacent to an activating group) is 1. The van der Waals surface area contributed by atoms with Gasteiger partial charge in [0.05, 0.1) is 11.4 Å². The summed E-state index contributed by atoms with van der Waals surface area (Å²) in [5, 5.41) is 5.99. The van der Waals surface area contributed by atoms with Crippen LogP contribution in [0.1, 0.15) is 18.1 Å². The molecule has 0 radical (unpaired) electrons. The summed E-state index contributed by atoms with van der Waals surface area (Å²) in [6, 6.07) is 13.6. The van der Waals surface area contributed by atoms with E-state index in [1.807, 2.05) is 19.1 Å². The largest absolute Gasteiger partial charge is 0.422 e. The summed E-state index contributed by atoms with van der Waals surface area (Å²) in [5.41, 5.74) is -0.251. The average molecular weight is 361 g/mol. The van der Waals surface area contributed by atoms with Gasteiger partial charge in [0.25, 0.3) is 5.91 Å². The number of nitrogens with zero attached hydrogens (tertiary/aromatic N) is 1. The van der Waals surface area contributed by atoms with Gasteiger partial charge in [-0.1, -0.05) is 30.3 Å². The Hall–Kier alpha value is -3.61. The molecule has 0 fully saturated rings. The fourth-order valence-electron chi connectivity index (χ4n) is 4.13. The molecule has 0 aliphatic carbocycles. The first-order valence-corrected chi connectivity index (χ1v) is 8.65. The maximum atomic E-state index is 13.5. The molecule has 2 aliphatic heterocycles. The van der Waals surface area contributed by atoms with Crippen molar-refractivity contribution in [3.63, 3.8) is 0 Å². The van der Waals surface area contributed by atoms with Gasteiger partial charge in [-0.05, 0) is 25.1 Å². The van der Waals surface area contributed by atoms with E-state index < -0.39 is 17.2 Å². The van der Waals surface area contributed by atoms with E-state index in [9.17, 15) is 14.4 Å². The first kappa shape index (κ1) is 15.6. The van der Waals surface area contributed by atoms with E-state index in [-0.39, 0.29) is 11.5 Å². The van der Waals surface area contributed by atoms with Crippen LogP contribution in [0.25, 0.3) is 11.0 Å². The smallest absolute Gasteiger partial charge is 0.344 e. The van der Waals surface area contributed by atoms with Crippen LogP contribution in [-0.4, -0.2) is 18.5 Å². The molecule has 3 amide bonds. The molecule has 1 aromatic heterocycles. The van der Waals surface area contributed by atoms with Gasteiger partial charge < -0.3 is 20.0 Å². The Balaban J connectivity index is 1.95. The molecule has 2 aliphatic rings. The molecule has 7 heteroatoms. The Kier molecular flexibility index (Phi) is 3.01. The Labute approximate surface area is 153 Å². The quantitative estimate of drug-likeness (QED) is 0.652. The van der Waals surface area contributed by atoms with Gasteiger partial charge in [-0.3, -0.25) is 4.79 Å². The van der Waals surface area contributed by atoms with Gasteiger partial charge in [-0.25, -0.2) is 9.59 Å². The predicted octanol–water partition coefficient (Wildman–Crippen LogP) is 2.54. The zero-order valence-electron chi connectivity index (χ0n) is 14.4. The third kappa shape index (κ3) is 1.83. The van der Waals surface area contributed by atoms with Crippen LogP contribution in [0.5, 0.6) is 0 Å². The van der Waals surface area contributed by atoms with Gasteiger partial charge in [0, 0.05) is 17.5 Å². The number of carbonyl (C=O) groups excluding carboxylic acids is 2. The SMILES string of the molecule is CCN1C(=O)C2(NC(=O)Nc3c2c(=O)oc2ccccc32)c2ccccc21. The van der Waals surface area contributed by atoms with Gasteiger partial charge in [0.1, 0.15) is 11.1 Å². The Morgan fingerprint density at radius 1 is 1.04 bits per heavy atom. The number of amides is 3. The number of fused-ring (bicyclic) bond motifs is 6. The highest BCUT2D eigenvalue weighted by atomic mass is 16.4. The monoisotopic (exact) mass is 361 g/mol. The highest BCUT2D eigenvalue weighted by molar-refractivity contribution is 6.17. The first-order valence-electron chi connectivity index (χ1n) is 8.65. The Bertz CT molecular complexity index is 1200. The number of hydrogen-bond donors (Lipinski definition) is 2. The van der Waals surface area contributed by atoms with E-state index in [0.29, 0.717) is 34.5 Å². The van der Waals surface area contributed by atoms with Crippen LogP contribution in [0.3, 0.4) is 0 Å². The molecule has 5 rings (SSSR count). The topological polar surface area (TPSA) is 91.7 Å². The van der Waals surface area contributed by atoms with Crippen LogP contribution < -0.4 is 21.2 Å². The number of nitrogens with one attached hydrogen (secondary N) is 2. The van der Waals surface area contributed by atoms with E-state index in [1.165, 1.54) is 0 Å². The van der Waals surface area contributed by atoms with E-state index in [1.54, 1.807) is 41.3 Å². The van der Waals surface area contributed by atoms with Crippen molar-refractivity contribution in [2.24, 2.45) is 0 Å². The maximum Gasteiger partial charge on any atom is 0.344 e. The minimum atomic E-state index is -1.60. The van der Waals surface area contributed by atoms with Crippen LogP contribution in [0.2, 0.25) is 0 Å². The lowest BCUT2D eigenvalue weighted by atomic mass is 9.82. The summed E-state index contributed by atoms with van der Waals surface area (Å²) in [6.07, 6.45) is 0. The molecular formula is C20H15N3O4. The van der Waals surface area contributed by atoms with Crippen molar-refractivity contribution < 1.29 is 14.0 Å². The third-order valence-corrected chi connectivity index (χ3v) is 5.21. The van der Waals surface area contributed by atoms with E-state index >= 15 is 0 Å². The van der Waals surface area contributed by atoms with E-state index in [4.69, 9.17) is 4.42 Å². The van der Waals surface area contributed by atoms with Crippen LogP contribution in [0.15, 0.2) is 57.7 Å². The third-order valence-electron chi connectivity index (χ3n) is 5.21. The molecule has 3 aromatic rings. The summed E-state index contributed by atoms with van der Waals surface area (Å²) < 4.78 is 5.50. The lowest BCUT2D eigenvalue weighted by Crippen LogP contribution is -2.59. The molecule has 3 heterocycles. The molecule has 1 unspecified atom stereocenters. The zero-order chi connectivity index (χ0) is 18.8. The van der Waals surface area contributed by atoms with Gasteiger partial charge in [-0.15, -0.1) is 0 Å². The second-order valence-electron chi connectivity index (χ2n) is 6.53. The molecule has 1 spiro atoms. The highest BCUT2D eigenvalue weighted by Gasteiger charge is 2.57. The number of carbonyl (C=O) groups is 2. The van der Waals surface area contributed by atoms with Crippen LogP contribution in [0, 0.1) is 0 Å². The van der Waals surface area contributed by atoms with Crippen LogP contribution in [0.4, 0.5) is 16.2 Å². The van der Waals surface area contributed by atoms with Crippen molar-refractivity contribution in [1.29, 1.82) is 0 Å². The fraction of sp³-hybridized carbons (Fsp3) is 0.150. The van der Waals surface area contributed by atoms with E-state index in [0.717, 1.165) is 0 Å². The second-order valence-corrected chi connectivity index (χ2v) is 6.53. The molecular weight excluding hydrogens is 346 g/mol. The summed E-state index contributed by atoms with van der Waals surface area (Å²) in [6.45, 7) is 2.26. The number of rotatable bonds is 1. The van der Waals surface area contributed by atoms with Crippen molar-refractivity contribution in [2.45, 2.75) is 12.5 Å². The summed E-state index contributed by atoms with van der Waals surface area (Å²) in [5.74, 6) is -0.370. The normalized spacial score (nSPS) is 20.4. The number of para-hydroxylation sites is 2. The van der Waals surface area contributed by atoms with Gasteiger partial charge in [0.15, 0.2) is 5.54 Å². The zero-order valence-corrected chi connectivity index (χ0v) is 14.4. The minimum Gasteiger partial charge on any atom is -0.422 e. The minimum absolute atomic E-state index is 0.106. The van der Waals surface area contributed by atoms with Crippen molar-refractivity contribution >= 4 is 34.3 Å². The van der Waals surface area contributed by atoms with E-state index in [2.05, 4.69) is 10.6 Å². The van der Waals surface area contributed by atoms with Crippen molar-refractivity contribution in [2.75, 3.05) is 16.8 Å². The molecule has 2 N–H and O–H groups in total. The van der Waals surface area contributed by atoms with Crippen molar-refractivity contribution in [3.05, 3.63) is 70.1 Å². The molecule has 134 valence electrons. The molecule has 0 saturated carbocycles. The lowest BCUT2D eigenvalue weighted by Gasteiger charge is -2.35. The summed E-state index contributed by atoms with van der Waals surface area (Å²) in [4.78, 5) is 40.6. The predicted molar refractivity (Wildman–Crippen MR) is 99.9 cm³/mol. The Morgan fingerprint density at radius 2 is 1.78 bits per heavy atom. The molecule has 0 saturated heterocycles. The molecule has 1 atom stereocenters. The summed E-state index contributed by atoms with van der Waals surface area (Å²) in [7, 11) is 0. The number of anilines is 2. The van der Waals surface area contributed by atoms with Crippen molar-refractivity contribution in [1.82, 2.24) is 5.32 Å². The van der Waals surface area contributed by atoms with Crippen molar-refractivity contribution in [3.8, 4) is 0 Å². The second kappa shape index (κ2) is 5.20. The van der Waals surface area contributed by atoms with Gasteiger partial charge in [0.2, 0.25) is 0 Å². The summed E-state index contributed by atoms with van der Waals surface area (Å²) >= 11 is 0. The van der Waals surface area contributed by atoms with Gasteiger partial charge in [-0.2, -0.15) is 0 Å². The number of benzene rings is 2. The number of hydrogen-bond acceptors (Lipinski definition) is 4. The number of urea groups is 1. The van der Waals surface area contributed by atoms with Gasteiger partial charge >= 0.3 is 11.7 Å². The van der Waals surface area contributed by atoms with Crippen LogP contribution >= 0.6 is 0 Å². The molecule has 2 aromatic carbocycles. The van der Waals surface area contributed by atoms with Crippen LogP contribution in [-0.2, 0) is 10.3 Å². The first-order chi connectivity index (χ1) is 13.1. The standard InChI is InChI=1S/C20H15N3O4/c1-2-23-13-9-5-4-8-12(13)20(18(23)25)15-16(21-19(26)22-20)11-7-3-6-10-14(11)27-17(15)24/h3-10H,2H2,1H3,(H2,21,22,26). The molecule has 27 heavy (non-hydrogen) atoms. The maximum absolute atomic E-state index is 13.5. The molecule has 7 nitrogen and oxygen atoms in total. The Morgan fingerprint density at radius 3 is 2.59 bits per heavy atom. The lowest BCUT2D eigenvalue weighted by molar-refractivity contribution is -0.122. The fourth-order valence-corrected chi connectivity index (χ4v) is 4.13. The highest BCUT2D eigenvalue weighted by Crippen LogP contribution is 2.47.